The van der Waals surface area contributed by atoms with E-state index in [4.69, 9.17) is 9.47 Å². The van der Waals surface area contributed by atoms with Crippen LogP contribution in [-0.4, -0.2) is 87.5 Å². The van der Waals surface area contributed by atoms with Gasteiger partial charge in [-0.05, 0) is 70.6 Å². The first-order chi connectivity index (χ1) is 41.3. The number of carbonyl (C=O) groups is 1. The van der Waals surface area contributed by atoms with Crippen molar-refractivity contribution < 1.29 is 39.8 Å². The van der Waals surface area contributed by atoms with Crippen LogP contribution in [0, 0.1) is 0 Å². The summed E-state index contributed by atoms with van der Waals surface area (Å²) in [6.07, 6.45) is 83.7. The van der Waals surface area contributed by atoms with Crippen molar-refractivity contribution in [3.63, 3.8) is 0 Å². The van der Waals surface area contributed by atoms with Gasteiger partial charge in [0, 0.05) is 6.42 Å². The van der Waals surface area contributed by atoms with Crippen LogP contribution < -0.4 is 5.32 Å². The highest BCUT2D eigenvalue weighted by Gasteiger charge is 2.44. The van der Waals surface area contributed by atoms with Gasteiger partial charge < -0.3 is 40.3 Å². The third-order valence-corrected chi connectivity index (χ3v) is 16.8. The van der Waals surface area contributed by atoms with E-state index in [1.54, 1.807) is 0 Å². The van der Waals surface area contributed by atoms with Gasteiger partial charge in [-0.15, -0.1) is 0 Å². The molecule has 6 N–H and O–H groups in total. The van der Waals surface area contributed by atoms with Gasteiger partial charge in [0.15, 0.2) is 6.29 Å². The number of ether oxygens (including phenoxy) is 2. The Morgan fingerprint density at radius 2 is 0.738 bits per heavy atom. The molecule has 1 aliphatic rings. The molecule has 9 heteroatoms. The maximum Gasteiger partial charge on any atom is 0.220 e. The fraction of sp³-hybridized carbons (Fsp3) is 0.800. The second-order valence-electron chi connectivity index (χ2n) is 24.7. The number of carbonyl (C=O) groups excluding carboxylic acids is 1. The van der Waals surface area contributed by atoms with E-state index in [1.807, 2.05) is 0 Å². The van der Waals surface area contributed by atoms with Gasteiger partial charge in [-0.2, -0.15) is 0 Å². The molecular formula is C75H135NO8. The van der Waals surface area contributed by atoms with Crippen LogP contribution in [0.4, 0.5) is 0 Å². The second kappa shape index (κ2) is 63.4. The van der Waals surface area contributed by atoms with Crippen LogP contribution in [0.3, 0.4) is 0 Å². The molecule has 9 nitrogen and oxygen atoms in total. The molecule has 0 bridgehead atoms. The number of aliphatic hydroxyl groups is 5. The van der Waals surface area contributed by atoms with E-state index in [-0.39, 0.29) is 12.5 Å². The zero-order chi connectivity index (χ0) is 60.7. The lowest BCUT2D eigenvalue weighted by atomic mass is 9.99. The smallest absolute Gasteiger partial charge is 0.220 e. The molecule has 0 radical (unpaired) electrons. The minimum Gasteiger partial charge on any atom is -0.394 e. The van der Waals surface area contributed by atoms with E-state index in [1.165, 1.54) is 218 Å². The summed E-state index contributed by atoms with van der Waals surface area (Å²) in [5.74, 6) is -0.140. The zero-order valence-corrected chi connectivity index (χ0v) is 54.6. The van der Waals surface area contributed by atoms with Crippen molar-refractivity contribution >= 4 is 5.91 Å². The Balaban J connectivity index is 2.06. The molecule has 7 unspecified atom stereocenters. The number of amides is 1. The summed E-state index contributed by atoms with van der Waals surface area (Å²) < 4.78 is 11.4. The lowest BCUT2D eigenvalue weighted by Gasteiger charge is -2.40. The summed E-state index contributed by atoms with van der Waals surface area (Å²) in [5, 5.41) is 54.9. The van der Waals surface area contributed by atoms with Gasteiger partial charge in [0.05, 0.1) is 25.4 Å². The van der Waals surface area contributed by atoms with Gasteiger partial charge in [0.2, 0.25) is 5.91 Å². The van der Waals surface area contributed by atoms with Gasteiger partial charge in [-0.3, -0.25) is 4.79 Å². The van der Waals surface area contributed by atoms with Gasteiger partial charge in [-0.1, -0.05) is 336 Å². The summed E-state index contributed by atoms with van der Waals surface area (Å²) in [6, 6.07) is -0.722. The van der Waals surface area contributed by atoms with Crippen molar-refractivity contribution in [3.05, 3.63) is 85.1 Å². The maximum absolute atomic E-state index is 13.1. The van der Waals surface area contributed by atoms with Gasteiger partial charge in [-0.25, -0.2) is 0 Å². The fourth-order valence-corrected chi connectivity index (χ4v) is 11.2. The van der Waals surface area contributed by atoms with Crippen molar-refractivity contribution in [1.82, 2.24) is 5.32 Å². The predicted molar refractivity (Wildman–Crippen MR) is 359 cm³/mol. The molecule has 84 heavy (non-hydrogen) atoms. The molecule has 7 atom stereocenters. The number of hydrogen-bond acceptors (Lipinski definition) is 8. The molecular weight excluding hydrogens is 1040 g/mol. The number of hydrogen-bond donors (Lipinski definition) is 6. The first kappa shape index (κ1) is 79.4. The molecule has 488 valence electrons. The van der Waals surface area contributed by atoms with E-state index in [0.717, 1.165) is 83.5 Å². The zero-order valence-electron chi connectivity index (χ0n) is 54.6. The molecule has 0 aromatic heterocycles. The van der Waals surface area contributed by atoms with Crippen LogP contribution in [0.5, 0.6) is 0 Å². The summed E-state index contributed by atoms with van der Waals surface area (Å²) in [7, 11) is 0. The highest BCUT2D eigenvalue weighted by atomic mass is 16.7. The van der Waals surface area contributed by atoms with Crippen LogP contribution >= 0.6 is 0 Å². The minimum atomic E-state index is -1.56. The Labute approximate surface area is 518 Å². The Kier molecular flexibility index (Phi) is 59.9. The molecule has 1 rings (SSSR count). The lowest BCUT2D eigenvalue weighted by molar-refractivity contribution is -0.302. The largest absolute Gasteiger partial charge is 0.394 e. The first-order valence-electron chi connectivity index (χ1n) is 35.8. The Bertz CT molecular complexity index is 1600. The molecule has 1 amide bonds. The van der Waals surface area contributed by atoms with E-state index in [9.17, 15) is 30.3 Å². The Hall–Kier alpha value is -2.63. The minimum absolute atomic E-state index is 0.136. The number of allylic oxidation sites excluding steroid dienone is 14. The molecule has 1 heterocycles. The molecule has 1 fully saturated rings. The van der Waals surface area contributed by atoms with E-state index in [2.05, 4.69) is 104 Å². The standard InChI is InChI=1S/C75H135NO8/c1-3-5-7-9-11-13-15-17-19-21-23-25-26-27-28-29-30-31-32-33-34-35-36-37-38-39-40-41-42-43-44-45-47-49-51-53-55-57-59-61-63-65-71(79)76-68(67-83-75-74(82)73(81)72(80)70(66-77)84-75)69(78)64-62-60-58-56-54-52-50-48-46-24-22-20-18-16-14-12-10-8-6-4-2/h5,7,11,13,17,19,23,25,27-28,30-31,33-34,68-70,72-75,77-78,80-82H,3-4,6,8-10,12,14-16,18,20-22,24,26,29,32,35-67H2,1-2H3,(H,76,79)/b7-5-,13-11-,19-17-,25-23-,28-27-,31-30-,34-33-. The summed E-state index contributed by atoms with van der Waals surface area (Å²) in [5.41, 5.74) is 0. The van der Waals surface area contributed by atoms with E-state index in [0.29, 0.717) is 12.8 Å². The molecule has 1 aliphatic heterocycles. The Morgan fingerprint density at radius 1 is 0.417 bits per heavy atom. The van der Waals surface area contributed by atoms with Crippen LogP contribution in [0.25, 0.3) is 0 Å². The molecule has 0 aromatic rings. The average molecular weight is 1180 g/mol. The van der Waals surface area contributed by atoms with Gasteiger partial charge in [0.1, 0.15) is 24.4 Å². The van der Waals surface area contributed by atoms with Crippen LogP contribution in [-0.2, 0) is 14.3 Å². The quantitative estimate of drug-likeness (QED) is 0.0261. The third kappa shape index (κ3) is 51.4. The molecule has 0 aliphatic carbocycles. The highest BCUT2D eigenvalue weighted by molar-refractivity contribution is 5.76. The normalized spacial score (nSPS) is 18.7. The topological polar surface area (TPSA) is 149 Å². The average Bonchev–Trinajstić information content (AvgIpc) is 3.70. The first-order valence-corrected chi connectivity index (χ1v) is 35.8. The monoisotopic (exact) mass is 1180 g/mol. The van der Waals surface area contributed by atoms with Gasteiger partial charge in [0.25, 0.3) is 0 Å². The van der Waals surface area contributed by atoms with Crippen molar-refractivity contribution in [1.29, 1.82) is 0 Å². The summed E-state index contributed by atoms with van der Waals surface area (Å²) >= 11 is 0. The van der Waals surface area contributed by atoms with Crippen LogP contribution in [0.1, 0.15) is 328 Å². The highest BCUT2D eigenvalue weighted by Crippen LogP contribution is 2.24. The molecule has 0 aromatic carbocycles. The molecule has 1 saturated heterocycles. The SMILES string of the molecule is CC/C=C\C/C=C\C/C=C\C/C=C\C/C=C\C/C=C\C/C=C\CCCCCCCCCCCCCCCCCCCCCC(=O)NC(COC1OC(CO)C(O)C(O)C1O)C(O)CCCCCCCCCCCCCCCCCCCCCC. The number of rotatable bonds is 62. The van der Waals surface area contributed by atoms with Crippen molar-refractivity contribution in [2.24, 2.45) is 0 Å². The maximum atomic E-state index is 13.1. The Morgan fingerprint density at radius 3 is 1.10 bits per heavy atom. The van der Waals surface area contributed by atoms with Crippen LogP contribution in [0.15, 0.2) is 85.1 Å². The van der Waals surface area contributed by atoms with E-state index >= 15 is 0 Å². The predicted octanol–water partition coefficient (Wildman–Crippen LogP) is 19.7. The number of nitrogens with one attached hydrogen (secondary N) is 1. The van der Waals surface area contributed by atoms with Crippen LogP contribution in [0.2, 0.25) is 0 Å². The van der Waals surface area contributed by atoms with Crippen molar-refractivity contribution in [3.8, 4) is 0 Å². The molecule has 0 saturated carbocycles. The molecule has 0 spiro atoms. The third-order valence-electron chi connectivity index (χ3n) is 16.8. The lowest BCUT2D eigenvalue weighted by Crippen LogP contribution is -2.60. The summed E-state index contributed by atoms with van der Waals surface area (Å²) in [4.78, 5) is 13.1. The number of aliphatic hydroxyl groups excluding tert-OH is 5. The van der Waals surface area contributed by atoms with E-state index < -0.39 is 49.5 Å². The summed E-state index contributed by atoms with van der Waals surface area (Å²) in [6.45, 7) is 3.76. The van der Waals surface area contributed by atoms with Crippen molar-refractivity contribution in [2.75, 3.05) is 13.2 Å². The second-order valence-corrected chi connectivity index (χ2v) is 24.7. The van der Waals surface area contributed by atoms with Crippen molar-refractivity contribution in [2.45, 2.75) is 371 Å². The number of unbranched alkanes of at least 4 members (excludes halogenated alkanes) is 38. The van der Waals surface area contributed by atoms with Gasteiger partial charge >= 0.3 is 0 Å². The fourth-order valence-electron chi connectivity index (χ4n) is 11.2.